The Morgan fingerprint density at radius 1 is 1.37 bits per heavy atom. The van der Waals surface area contributed by atoms with Crippen molar-refractivity contribution in [2.45, 2.75) is 0 Å². The molecule has 0 aliphatic rings. The predicted molar refractivity (Wildman–Crippen MR) is 75.0 cm³/mol. The van der Waals surface area contributed by atoms with Crippen LogP contribution in [0.3, 0.4) is 0 Å². The smallest absolute Gasteiger partial charge is 0.262 e. The van der Waals surface area contributed by atoms with Crippen LogP contribution in [0.5, 0.6) is 5.75 Å². The first-order valence-electron chi connectivity index (χ1n) is 5.54. The average Bonchev–Trinajstić information content (AvgIpc) is 2.79. The molecule has 1 amide bonds. The van der Waals surface area contributed by atoms with Crippen molar-refractivity contribution in [1.82, 2.24) is 4.98 Å². The molecule has 0 unspecified atom stereocenters. The molecule has 0 fully saturated rings. The zero-order chi connectivity index (χ0) is 13.6. The van der Waals surface area contributed by atoms with E-state index >= 15 is 0 Å². The lowest BCUT2D eigenvalue weighted by Crippen LogP contribution is -2.11. The first kappa shape index (κ1) is 11.7. The molecular formula is C13H10N2O3S. The fourth-order valence-corrected chi connectivity index (χ4v) is 3.30. The molecule has 1 aromatic carbocycles. The van der Waals surface area contributed by atoms with E-state index in [0.717, 1.165) is 10.9 Å². The number of rotatable bonds is 2. The van der Waals surface area contributed by atoms with Gasteiger partial charge in [-0.1, -0.05) is 18.2 Å². The number of benzene rings is 1. The Balaban J connectivity index is 2.60. The van der Waals surface area contributed by atoms with Gasteiger partial charge in [-0.15, -0.1) is 11.3 Å². The van der Waals surface area contributed by atoms with E-state index in [1.165, 1.54) is 18.4 Å². The molecule has 3 rings (SSSR count). The Bertz CT molecular complexity index is 863. The Labute approximate surface area is 111 Å². The highest BCUT2D eigenvalue weighted by Crippen LogP contribution is 2.38. The number of carbonyl (C=O) groups excluding carboxylic acids is 1. The van der Waals surface area contributed by atoms with Crippen LogP contribution in [0.4, 0.5) is 0 Å². The monoisotopic (exact) mass is 274 g/mol. The molecule has 3 aromatic rings. The molecule has 19 heavy (non-hydrogen) atoms. The minimum absolute atomic E-state index is 0.250. The number of nitrogens with one attached hydrogen (secondary N) is 1. The van der Waals surface area contributed by atoms with Gasteiger partial charge in [0.25, 0.3) is 11.5 Å². The molecule has 0 aliphatic heterocycles. The highest BCUT2D eigenvalue weighted by atomic mass is 32.1. The first-order chi connectivity index (χ1) is 9.13. The Morgan fingerprint density at radius 3 is 2.79 bits per heavy atom. The summed E-state index contributed by atoms with van der Waals surface area (Å²) in [6.45, 7) is 0. The van der Waals surface area contributed by atoms with Crippen LogP contribution in [0, 0.1) is 0 Å². The minimum atomic E-state index is -0.596. The zero-order valence-corrected chi connectivity index (χ0v) is 10.8. The van der Waals surface area contributed by atoms with Gasteiger partial charge in [-0.25, -0.2) is 0 Å². The number of aromatic nitrogens is 1. The molecule has 0 saturated carbocycles. The summed E-state index contributed by atoms with van der Waals surface area (Å²) in [4.78, 5) is 26.6. The van der Waals surface area contributed by atoms with E-state index in [1.54, 1.807) is 0 Å². The van der Waals surface area contributed by atoms with Gasteiger partial charge in [0.05, 0.1) is 11.8 Å². The first-order valence-corrected chi connectivity index (χ1v) is 6.36. The molecule has 2 aromatic heterocycles. The Morgan fingerprint density at radius 2 is 2.11 bits per heavy atom. The molecular weight excluding hydrogens is 264 g/mol. The van der Waals surface area contributed by atoms with Crippen molar-refractivity contribution in [2.24, 2.45) is 5.73 Å². The number of nitrogens with two attached hydrogens (primary N) is 1. The number of primary amides is 1. The number of H-pyrrole nitrogens is 1. The molecule has 3 N–H and O–H groups in total. The maximum Gasteiger partial charge on any atom is 0.262 e. The topological polar surface area (TPSA) is 85.2 Å². The third-order valence-electron chi connectivity index (χ3n) is 2.94. The summed E-state index contributed by atoms with van der Waals surface area (Å²) in [5.74, 6) is -0.346. The third kappa shape index (κ3) is 1.61. The third-order valence-corrected chi connectivity index (χ3v) is 4.16. The van der Waals surface area contributed by atoms with Crippen molar-refractivity contribution in [1.29, 1.82) is 0 Å². The summed E-state index contributed by atoms with van der Waals surface area (Å²) >= 11 is 1.18. The SMILES string of the molecule is COc1c(C(N)=O)sc2c1c(=O)[nH]c1ccccc12. The zero-order valence-electron chi connectivity index (χ0n) is 10.0. The summed E-state index contributed by atoms with van der Waals surface area (Å²) in [5.41, 5.74) is 5.77. The van der Waals surface area contributed by atoms with Crippen molar-refractivity contribution in [3.05, 3.63) is 39.5 Å². The lowest BCUT2D eigenvalue weighted by atomic mass is 10.2. The van der Waals surface area contributed by atoms with Crippen LogP contribution in [0.1, 0.15) is 9.67 Å². The molecule has 96 valence electrons. The van der Waals surface area contributed by atoms with Crippen molar-refractivity contribution in [2.75, 3.05) is 7.11 Å². The van der Waals surface area contributed by atoms with Crippen molar-refractivity contribution < 1.29 is 9.53 Å². The van der Waals surface area contributed by atoms with Gasteiger partial charge in [0, 0.05) is 10.9 Å². The number of hydrogen-bond donors (Lipinski definition) is 2. The van der Waals surface area contributed by atoms with Crippen molar-refractivity contribution in [3.8, 4) is 5.75 Å². The fourth-order valence-electron chi connectivity index (χ4n) is 2.14. The van der Waals surface area contributed by atoms with Crippen LogP contribution < -0.4 is 16.0 Å². The van der Waals surface area contributed by atoms with Crippen molar-refractivity contribution >= 4 is 38.2 Å². The Kier molecular flexibility index (Phi) is 2.53. The molecule has 2 heterocycles. The number of para-hydroxylation sites is 1. The quantitative estimate of drug-likeness (QED) is 0.747. The number of carbonyl (C=O) groups is 1. The van der Waals surface area contributed by atoms with Gasteiger partial charge in [-0.3, -0.25) is 9.59 Å². The fraction of sp³-hybridized carbons (Fsp3) is 0.0769. The van der Waals surface area contributed by atoms with Gasteiger partial charge in [-0.05, 0) is 6.07 Å². The summed E-state index contributed by atoms with van der Waals surface area (Å²) in [7, 11) is 1.42. The number of hydrogen-bond acceptors (Lipinski definition) is 4. The number of pyridine rings is 1. The molecule has 0 spiro atoms. The number of ether oxygens (including phenoxy) is 1. The van der Waals surface area contributed by atoms with E-state index in [9.17, 15) is 9.59 Å². The van der Waals surface area contributed by atoms with Gasteiger partial charge >= 0.3 is 0 Å². The van der Waals surface area contributed by atoms with Crippen LogP contribution in [0.2, 0.25) is 0 Å². The van der Waals surface area contributed by atoms with Crippen LogP contribution in [-0.4, -0.2) is 18.0 Å². The van der Waals surface area contributed by atoms with E-state index in [1.807, 2.05) is 24.3 Å². The van der Waals surface area contributed by atoms with Crippen LogP contribution >= 0.6 is 11.3 Å². The number of fused-ring (bicyclic) bond motifs is 3. The summed E-state index contributed by atoms with van der Waals surface area (Å²) < 4.78 is 5.89. The lowest BCUT2D eigenvalue weighted by molar-refractivity contribution is 0.100. The lowest BCUT2D eigenvalue weighted by Gasteiger charge is -2.00. The second-order valence-corrected chi connectivity index (χ2v) is 5.05. The highest BCUT2D eigenvalue weighted by Gasteiger charge is 2.21. The maximum atomic E-state index is 12.1. The molecule has 5 nitrogen and oxygen atoms in total. The molecule has 6 heteroatoms. The van der Waals surface area contributed by atoms with Gasteiger partial charge in [0.2, 0.25) is 0 Å². The number of thiophene rings is 1. The Hall–Kier alpha value is -2.34. The predicted octanol–water partition coefficient (Wildman–Crippen LogP) is 1.85. The van der Waals surface area contributed by atoms with Gasteiger partial charge < -0.3 is 15.5 Å². The number of aromatic amines is 1. The molecule has 0 saturated heterocycles. The summed E-state index contributed by atoms with van der Waals surface area (Å²) in [6, 6.07) is 7.40. The van der Waals surface area contributed by atoms with Crippen molar-refractivity contribution in [3.63, 3.8) is 0 Å². The van der Waals surface area contributed by atoms with Gasteiger partial charge in [0.15, 0.2) is 5.75 Å². The van der Waals surface area contributed by atoms with Crippen LogP contribution in [-0.2, 0) is 0 Å². The van der Waals surface area contributed by atoms with Gasteiger partial charge in [-0.2, -0.15) is 0 Å². The highest BCUT2D eigenvalue weighted by molar-refractivity contribution is 7.22. The maximum absolute atomic E-state index is 12.1. The number of methoxy groups -OCH3 is 1. The second-order valence-electron chi connectivity index (χ2n) is 4.03. The summed E-state index contributed by atoms with van der Waals surface area (Å²) in [5, 5.41) is 1.24. The van der Waals surface area contributed by atoms with E-state index < -0.39 is 5.91 Å². The molecule has 0 radical (unpaired) electrons. The summed E-state index contributed by atoms with van der Waals surface area (Å²) in [6.07, 6.45) is 0. The molecule has 0 aliphatic carbocycles. The van der Waals surface area contributed by atoms with E-state index in [2.05, 4.69) is 4.98 Å². The van der Waals surface area contributed by atoms with E-state index in [4.69, 9.17) is 10.5 Å². The standard InChI is InChI=1S/C13H10N2O3S/c1-18-9-8-10(19-11(9)12(14)16)6-4-2-3-5-7(6)15-13(8)17/h2-5H,1H3,(H2,14,16)(H,15,17). The molecule has 0 bridgehead atoms. The van der Waals surface area contributed by atoms with Gasteiger partial charge in [0.1, 0.15) is 10.3 Å². The van der Waals surface area contributed by atoms with E-state index in [-0.39, 0.29) is 16.2 Å². The minimum Gasteiger partial charge on any atom is -0.494 e. The van der Waals surface area contributed by atoms with Crippen LogP contribution in [0.15, 0.2) is 29.1 Å². The van der Waals surface area contributed by atoms with E-state index in [0.29, 0.717) is 10.1 Å². The largest absolute Gasteiger partial charge is 0.494 e. The molecule has 0 atom stereocenters. The van der Waals surface area contributed by atoms with Crippen LogP contribution in [0.25, 0.3) is 21.0 Å². The number of amides is 1. The second kappa shape index (κ2) is 4.10. The average molecular weight is 274 g/mol. The normalized spacial score (nSPS) is 11.0.